The number of tetrazole rings is 1. The third kappa shape index (κ3) is 4.98. The molecule has 2 aromatic carbocycles. The molecule has 0 spiro atoms. The minimum absolute atomic E-state index is 0.223. The summed E-state index contributed by atoms with van der Waals surface area (Å²) in [4.78, 5) is 24.9. The van der Waals surface area contributed by atoms with E-state index in [2.05, 4.69) is 20.8 Å². The first-order valence-electron chi connectivity index (χ1n) is 8.67. The van der Waals surface area contributed by atoms with Gasteiger partial charge < -0.3 is 10.1 Å². The van der Waals surface area contributed by atoms with E-state index in [0.29, 0.717) is 0 Å². The number of hydrogen-bond donors (Lipinski definition) is 1. The highest BCUT2D eigenvalue weighted by Crippen LogP contribution is 2.19. The molecule has 2 atom stereocenters. The molecular formula is C19H17F2N5O3. The van der Waals surface area contributed by atoms with Crippen molar-refractivity contribution in [2.45, 2.75) is 25.5 Å². The summed E-state index contributed by atoms with van der Waals surface area (Å²) in [7, 11) is 0. The summed E-state index contributed by atoms with van der Waals surface area (Å²) < 4.78 is 33.8. The van der Waals surface area contributed by atoms with E-state index in [1.807, 2.05) is 30.3 Å². The lowest BCUT2D eigenvalue weighted by molar-refractivity contribution is -0.156. The van der Waals surface area contributed by atoms with Crippen LogP contribution in [0.3, 0.4) is 0 Å². The Labute approximate surface area is 164 Å². The second kappa shape index (κ2) is 9.00. The van der Waals surface area contributed by atoms with Gasteiger partial charge in [0.15, 0.2) is 12.1 Å². The minimum Gasteiger partial charge on any atom is -0.451 e. The second-order valence-electron chi connectivity index (χ2n) is 6.16. The van der Waals surface area contributed by atoms with Gasteiger partial charge in [0.05, 0.1) is 0 Å². The van der Waals surface area contributed by atoms with Crippen LogP contribution in [0.25, 0.3) is 0 Å². The fraction of sp³-hybridized carbons (Fsp3) is 0.211. The number of hydrogen-bond acceptors (Lipinski definition) is 6. The molecular weight excluding hydrogens is 384 g/mol. The van der Waals surface area contributed by atoms with Crippen LogP contribution in [0.4, 0.5) is 14.5 Å². The molecule has 150 valence electrons. The van der Waals surface area contributed by atoms with Crippen molar-refractivity contribution in [1.29, 1.82) is 0 Å². The highest BCUT2D eigenvalue weighted by molar-refractivity contribution is 5.95. The van der Waals surface area contributed by atoms with E-state index >= 15 is 0 Å². The first kappa shape index (κ1) is 20.1. The Morgan fingerprint density at radius 1 is 1.10 bits per heavy atom. The molecule has 29 heavy (non-hydrogen) atoms. The average Bonchev–Trinajstić information content (AvgIpc) is 3.24. The number of carbonyl (C=O) groups is 2. The fourth-order valence-corrected chi connectivity index (χ4v) is 2.58. The maximum absolute atomic E-state index is 13.7. The van der Waals surface area contributed by atoms with Crippen molar-refractivity contribution in [2.75, 3.05) is 5.32 Å². The van der Waals surface area contributed by atoms with Gasteiger partial charge in [-0.3, -0.25) is 4.79 Å². The van der Waals surface area contributed by atoms with Gasteiger partial charge in [-0.25, -0.2) is 18.3 Å². The number of anilines is 1. The Hall–Kier alpha value is -3.69. The van der Waals surface area contributed by atoms with Crippen LogP contribution in [0.1, 0.15) is 18.5 Å². The molecule has 0 aliphatic rings. The van der Waals surface area contributed by atoms with Crippen molar-refractivity contribution in [3.05, 3.63) is 72.1 Å². The van der Waals surface area contributed by atoms with E-state index in [4.69, 9.17) is 4.74 Å². The third-order valence-electron chi connectivity index (χ3n) is 4.10. The van der Waals surface area contributed by atoms with Gasteiger partial charge in [0.2, 0.25) is 0 Å². The van der Waals surface area contributed by atoms with Crippen LogP contribution < -0.4 is 5.32 Å². The Bertz CT molecular complexity index is 963. The summed E-state index contributed by atoms with van der Waals surface area (Å²) in [5.74, 6) is -3.52. The molecule has 1 amide bonds. The van der Waals surface area contributed by atoms with Crippen LogP contribution in [-0.2, 0) is 20.7 Å². The van der Waals surface area contributed by atoms with Gasteiger partial charge in [-0.05, 0) is 35.0 Å². The molecule has 0 bridgehead atoms. The fourth-order valence-electron chi connectivity index (χ4n) is 2.58. The number of aromatic nitrogens is 4. The summed E-state index contributed by atoms with van der Waals surface area (Å²) in [6, 6.07) is 11.4. The van der Waals surface area contributed by atoms with Crippen LogP contribution in [0, 0.1) is 11.6 Å². The molecule has 3 aromatic rings. The molecule has 0 fully saturated rings. The molecule has 0 aliphatic carbocycles. The van der Waals surface area contributed by atoms with Crippen molar-refractivity contribution in [1.82, 2.24) is 20.2 Å². The van der Waals surface area contributed by atoms with E-state index in [0.717, 1.165) is 17.7 Å². The third-order valence-corrected chi connectivity index (χ3v) is 4.10. The van der Waals surface area contributed by atoms with Gasteiger partial charge in [-0.15, -0.1) is 5.10 Å². The van der Waals surface area contributed by atoms with Crippen molar-refractivity contribution in [3.8, 4) is 0 Å². The average molecular weight is 401 g/mol. The summed E-state index contributed by atoms with van der Waals surface area (Å²) in [5.41, 5.74) is 0.220. The maximum Gasteiger partial charge on any atom is 0.332 e. The monoisotopic (exact) mass is 401 g/mol. The van der Waals surface area contributed by atoms with E-state index in [1.165, 1.54) is 24.0 Å². The van der Waals surface area contributed by atoms with E-state index in [9.17, 15) is 18.4 Å². The number of benzene rings is 2. The summed E-state index contributed by atoms with van der Waals surface area (Å²) >= 11 is 0. The molecule has 0 saturated heterocycles. The zero-order valence-electron chi connectivity index (χ0n) is 15.3. The molecule has 0 unspecified atom stereocenters. The number of halogens is 2. The minimum atomic E-state index is -1.31. The predicted molar refractivity (Wildman–Crippen MR) is 97.5 cm³/mol. The number of nitrogens with one attached hydrogen (secondary N) is 1. The number of nitrogens with zero attached hydrogens (tertiary/aromatic N) is 4. The number of ether oxygens (including phenoxy) is 1. The number of amides is 1. The van der Waals surface area contributed by atoms with Gasteiger partial charge in [0, 0.05) is 6.42 Å². The van der Waals surface area contributed by atoms with Gasteiger partial charge >= 0.3 is 5.97 Å². The van der Waals surface area contributed by atoms with Gasteiger partial charge in [0.1, 0.15) is 23.6 Å². The Kier molecular flexibility index (Phi) is 6.22. The highest BCUT2D eigenvalue weighted by Gasteiger charge is 2.28. The van der Waals surface area contributed by atoms with Gasteiger partial charge in [0.25, 0.3) is 5.91 Å². The lowest BCUT2D eigenvalue weighted by Gasteiger charge is -2.19. The van der Waals surface area contributed by atoms with Crippen LogP contribution in [0.2, 0.25) is 0 Å². The van der Waals surface area contributed by atoms with Crippen molar-refractivity contribution >= 4 is 17.6 Å². The number of rotatable bonds is 7. The van der Waals surface area contributed by atoms with Crippen molar-refractivity contribution in [3.63, 3.8) is 0 Å². The second-order valence-corrected chi connectivity index (χ2v) is 6.16. The summed E-state index contributed by atoms with van der Waals surface area (Å²) in [6.07, 6.45) is 0.172. The predicted octanol–water partition coefficient (Wildman–Crippen LogP) is 2.31. The number of esters is 1. The number of para-hydroxylation sites is 1. The molecule has 0 saturated carbocycles. The molecule has 0 radical (unpaired) electrons. The highest BCUT2D eigenvalue weighted by atomic mass is 19.1. The first-order chi connectivity index (χ1) is 14.0. The molecule has 1 N–H and O–H groups in total. The quantitative estimate of drug-likeness (QED) is 0.610. The molecule has 3 rings (SSSR count). The molecule has 8 nitrogen and oxygen atoms in total. The van der Waals surface area contributed by atoms with Crippen LogP contribution in [0.5, 0.6) is 0 Å². The largest absolute Gasteiger partial charge is 0.451 e. The van der Waals surface area contributed by atoms with E-state index < -0.39 is 41.3 Å². The molecule has 1 heterocycles. The van der Waals surface area contributed by atoms with E-state index in [-0.39, 0.29) is 6.42 Å². The molecule has 10 heteroatoms. The Balaban J connectivity index is 1.70. The normalized spacial score (nSPS) is 12.8. The van der Waals surface area contributed by atoms with Gasteiger partial charge in [-0.2, -0.15) is 0 Å². The first-order valence-corrected chi connectivity index (χ1v) is 8.67. The van der Waals surface area contributed by atoms with Crippen LogP contribution >= 0.6 is 0 Å². The van der Waals surface area contributed by atoms with Crippen LogP contribution in [-0.4, -0.2) is 38.2 Å². The van der Waals surface area contributed by atoms with Crippen LogP contribution in [0.15, 0.2) is 54.9 Å². The summed E-state index contributed by atoms with van der Waals surface area (Å²) in [6.45, 7) is 1.30. The van der Waals surface area contributed by atoms with Crippen molar-refractivity contribution < 1.29 is 23.1 Å². The smallest absolute Gasteiger partial charge is 0.332 e. The molecule has 0 aliphatic heterocycles. The maximum atomic E-state index is 13.7. The SMILES string of the molecule is C[C@H](OC(=O)[C@@H](Cc1ccccc1)n1cnnn1)C(=O)Nc1c(F)cccc1F. The topological polar surface area (TPSA) is 99.0 Å². The lowest BCUT2D eigenvalue weighted by Crippen LogP contribution is -2.34. The Morgan fingerprint density at radius 2 is 1.79 bits per heavy atom. The molecule has 1 aromatic heterocycles. The summed E-state index contributed by atoms with van der Waals surface area (Å²) in [5, 5.41) is 12.9. The zero-order chi connectivity index (χ0) is 20.8. The van der Waals surface area contributed by atoms with E-state index in [1.54, 1.807) is 0 Å². The van der Waals surface area contributed by atoms with Crippen molar-refractivity contribution in [2.24, 2.45) is 0 Å². The lowest BCUT2D eigenvalue weighted by atomic mass is 10.1. The zero-order valence-corrected chi connectivity index (χ0v) is 15.3. The standard InChI is InChI=1S/C19H17F2N5O3/c1-12(18(27)23-17-14(20)8-5-9-15(17)21)29-19(28)16(26-11-22-24-25-26)10-13-6-3-2-4-7-13/h2-9,11-12,16H,10H2,1H3,(H,23,27)/t12-,16+/m0/s1. The number of carbonyl (C=O) groups excluding carboxylic acids is 2. The van der Waals surface area contributed by atoms with Gasteiger partial charge in [-0.1, -0.05) is 36.4 Å². The Morgan fingerprint density at radius 3 is 2.41 bits per heavy atom.